The molecule has 0 radical (unpaired) electrons. The van der Waals surface area contributed by atoms with Crippen LogP contribution in [0, 0.1) is 0 Å². The van der Waals surface area contributed by atoms with Crippen LogP contribution in [0.4, 0.5) is 5.69 Å². The van der Waals surface area contributed by atoms with Gasteiger partial charge in [0.15, 0.2) is 0 Å². The summed E-state index contributed by atoms with van der Waals surface area (Å²) >= 11 is 0. The largest absolute Gasteiger partial charge is 0.369 e. The molecular weight excluding hydrogens is 220 g/mol. The van der Waals surface area contributed by atoms with E-state index < -0.39 is 0 Å². The molecule has 0 amide bonds. The Kier molecular flexibility index (Phi) is 6.81. The number of hydrogen-bond acceptors (Lipinski definition) is 2. The molecule has 2 nitrogen and oxygen atoms in total. The molecule has 0 aromatic heterocycles. The predicted octanol–water partition coefficient (Wildman–Crippen LogP) is 3.81. The van der Waals surface area contributed by atoms with E-state index >= 15 is 0 Å². The van der Waals surface area contributed by atoms with Gasteiger partial charge in [-0.3, -0.25) is 0 Å². The molecule has 0 aliphatic carbocycles. The van der Waals surface area contributed by atoms with E-state index in [0.29, 0.717) is 6.04 Å². The van der Waals surface area contributed by atoms with Crippen LogP contribution in [0.5, 0.6) is 0 Å². The molecule has 0 fully saturated rings. The van der Waals surface area contributed by atoms with Crippen LogP contribution in [-0.4, -0.2) is 19.1 Å². The zero-order chi connectivity index (χ0) is 13.4. The van der Waals surface area contributed by atoms with Crippen LogP contribution in [0.25, 0.3) is 0 Å². The highest BCUT2D eigenvalue weighted by atomic mass is 15.2. The van der Waals surface area contributed by atoms with Crippen LogP contribution < -0.4 is 10.2 Å². The van der Waals surface area contributed by atoms with Gasteiger partial charge in [-0.05, 0) is 44.9 Å². The van der Waals surface area contributed by atoms with Crippen LogP contribution in [0.15, 0.2) is 24.3 Å². The minimum absolute atomic E-state index is 0.599. The van der Waals surface area contributed by atoms with Crippen molar-refractivity contribution in [1.29, 1.82) is 0 Å². The van der Waals surface area contributed by atoms with Gasteiger partial charge in [-0.2, -0.15) is 0 Å². The zero-order valence-electron chi connectivity index (χ0n) is 12.4. The third-order valence-electron chi connectivity index (χ3n) is 3.51. The molecular formula is C16H28N2. The lowest BCUT2D eigenvalue weighted by atomic mass is 10.1. The number of benzene rings is 1. The van der Waals surface area contributed by atoms with Gasteiger partial charge in [0.05, 0.1) is 0 Å². The van der Waals surface area contributed by atoms with Gasteiger partial charge in [-0.25, -0.2) is 0 Å². The SMILES string of the molecule is CCCNCc1ccccc1N(CC)C(C)CC. The molecule has 0 saturated heterocycles. The smallest absolute Gasteiger partial charge is 0.0414 e. The Morgan fingerprint density at radius 3 is 2.50 bits per heavy atom. The average molecular weight is 248 g/mol. The molecule has 0 heterocycles. The van der Waals surface area contributed by atoms with Crippen molar-refractivity contribution in [3.05, 3.63) is 29.8 Å². The topological polar surface area (TPSA) is 15.3 Å². The van der Waals surface area contributed by atoms with Crippen LogP contribution in [0.3, 0.4) is 0 Å². The third kappa shape index (κ3) is 4.02. The Hall–Kier alpha value is -1.02. The third-order valence-corrected chi connectivity index (χ3v) is 3.51. The molecule has 1 rings (SSSR count). The average Bonchev–Trinajstić information content (AvgIpc) is 2.41. The van der Waals surface area contributed by atoms with Gasteiger partial charge in [0, 0.05) is 24.8 Å². The summed E-state index contributed by atoms with van der Waals surface area (Å²) < 4.78 is 0. The fraction of sp³-hybridized carbons (Fsp3) is 0.625. The maximum Gasteiger partial charge on any atom is 0.0414 e. The van der Waals surface area contributed by atoms with Crippen molar-refractivity contribution in [2.24, 2.45) is 0 Å². The van der Waals surface area contributed by atoms with Gasteiger partial charge >= 0.3 is 0 Å². The first-order valence-electron chi connectivity index (χ1n) is 7.29. The monoisotopic (exact) mass is 248 g/mol. The molecule has 0 bridgehead atoms. The second-order valence-corrected chi connectivity index (χ2v) is 4.85. The Labute approximate surface area is 112 Å². The summed E-state index contributed by atoms with van der Waals surface area (Å²) in [6.45, 7) is 12.1. The second kappa shape index (κ2) is 8.15. The van der Waals surface area contributed by atoms with Gasteiger partial charge < -0.3 is 10.2 Å². The Morgan fingerprint density at radius 1 is 1.17 bits per heavy atom. The van der Waals surface area contributed by atoms with E-state index in [0.717, 1.165) is 19.6 Å². The summed E-state index contributed by atoms with van der Waals surface area (Å²) in [6, 6.07) is 9.37. The van der Waals surface area contributed by atoms with Crippen molar-refractivity contribution >= 4 is 5.69 Å². The summed E-state index contributed by atoms with van der Waals surface area (Å²) in [5.74, 6) is 0. The van der Waals surface area contributed by atoms with Crippen molar-refractivity contribution in [1.82, 2.24) is 5.32 Å². The molecule has 0 aliphatic rings. The standard InChI is InChI=1S/C16H28N2/c1-5-12-17-13-15-10-8-9-11-16(15)18(7-3)14(4)6-2/h8-11,14,17H,5-7,12-13H2,1-4H3. The highest BCUT2D eigenvalue weighted by molar-refractivity contribution is 5.54. The van der Waals surface area contributed by atoms with E-state index in [1.54, 1.807) is 0 Å². The molecule has 0 aliphatic heterocycles. The van der Waals surface area contributed by atoms with Crippen LogP contribution in [0.2, 0.25) is 0 Å². The maximum atomic E-state index is 3.50. The Balaban J connectivity index is 2.85. The Morgan fingerprint density at radius 2 is 1.89 bits per heavy atom. The maximum absolute atomic E-state index is 3.50. The summed E-state index contributed by atoms with van der Waals surface area (Å²) in [5.41, 5.74) is 2.80. The summed E-state index contributed by atoms with van der Waals surface area (Å²) in [6.07, 6.45) is 2.37. The van der Waals surface area contributed by atoms with Gasteiger partial charge in [0.1, 0.15) is 0 Å². The van der Waals surface area contributed by atoms with E-state index in [4.69, 9.17) is 0 Å². The molecule has 0 saturated carbocycles. The van der Waals surface area contributed by atoms with Crippen molar-refractivity contribution in [2.75, 3.05) is 18.0 Å². The number of hydrogen-bond donors (Lipinski definition) is 1. The minimum atomic E-state index is 0.599. The Bertz CT molecular complexity index is 336. The molecule has 1 unspecified atom stereocenters. The highest BCUT2D eigenvalue weighted by Gasteiger charge is 2.13. The van der Waals surface area contributed by atoms with Gasteiger partial charge in [0.25, 0.3) is 0 Å². The van der Waals surface area contributed by atoms with Gasteiger partial charge in [0.2, 0.25) is 0 Å². The summed E-state index contributed by atoms with van der Waals surface area (Å²) in [5, 5.41) is 3.50. The molecule has 0 spiro atoms. The fourth-order valence-electron chi connectivity index (χ4n) is 2.28. The first-order valence-corrected chi connectivity index (χ1v) is 7.29. The first kappa shape index (κ1) is 15.0. The molecule has 102 valence electrons. The van der Waals surface area contributed by atoms with Gasteiger partial charge in [-0.1, -0.05) is 32.0 Å². The second-order valence-electron chi connectivity index (χ2n) is 4.85. The lowest BCUT2D eigenvalue weighted by Crippen LogP contribution is -2.33. The van der Waals surface area contributed by atoms with E-state index in [1.807, 2.05) is 0 Å². The van der Waals surface area contributed by atoms with Crippen LogP contribution >= 0.6 is 0 Å². The van der Waals surface area contributed by atoms with Gasteiger partial charge in [-0.15, -0.1) is 0 Å². The number of rotatable bonds is 8. The van der Waals surface area contributed by atoms with E-state index in [2.05, 4.69) is 62.2 Å². The quantitative estimate of drug-likeness (QED) is 0.704. The van der Waals surface area contributed by atoms with E-state index in [-0.39, 0.29) is 0 Å². The number of anilines is 1. The number of para-hydroxylation sites is 1. The normalized spacial score (nSPS) is 12.4. The highest BCUT2D eigenvalue weighted by Crippen LogP contribution is 2.23. The van der Waals surface area contributed by atoms with Crippen molar-refractivity contribution in [2.45, 2.75) is 53.1 Å². The first-order chi connectivity index (χ1) is 8.74. The summed E-state index contributed by atoms with van der Waals surface area (Å²) in [7, 11) is 0. The lowest BCUT2D eigenvalue weighted by molar-refractivity contribution is 0.620. The number of nitrogens with one attached hydrogen (secondary N) is 1. The molecule has 2 heteroatoms. The van der Waals surface area contributed by atoms with Crippen molar-refractivity contribution in [3.63, 3.8) is 0 Å². The molecule has 1 N–H and O–H groups in total. The lowest BCUT2D eigenvalue weighted by Gasteiger charge is -2.31. The fourth-order valence-corrected chi connectivity index (χ4v) is 2.28. The summed E-state index contributed by atoms with van der Waals surface area (Å²) in [4.78, 5) is 2.50. The number of nitrogens with zero attached hydrogens (tertiary/aromatic N) is 1. The van der Waals surface area contributed by atoms with Crippen LogP contribution in [-0.2, 0) is 6.54 Å². The van der Waals surface area contributed by atoms with Crippen LogP contribution in [0.1, 0.15) is 46.1 Å². The zero-order valence-corrected chi connectivity index (χ0v) is 12.4. The van der Waals surface area contributed by atoms with E-state index in [1.165, 1.54) is 24.1 Å². The minimum Gasteiger partial charge on any atom is -0.369 e. The molecule has 1 atom stereocenters. The molecule has 1 aromatic carbocycles. The molecule has 1 aromatic rings. The van der Waals surface area contributed by atoms with Crippen molar-refractivity contribution < 1.29 is 0 Å². The van der Waals surface area contributed by atoms with Crippen molar-refractivity contribution in [3.8, 4) is 0 Å². The van der Waals surface area contributed by atoms with E-state index in [9.17, 15) is 0 Å². The molecule has 18 heavy (non-hydrogen) atoms. The predicted molar refractivity (Wildman–Crippen MR) is 81.2 cm³/mol.